The first kappa shape index (κ1) is 17.4. The van der Waals surface area contributed by atoms with E-state index in [1.165, 1.54) is 0 Å². The third-order valence-electron chi connectivity index (χ3n) is 2.42. The highest BCUT2D eigenvalue weighted by Crippen LogP contribution is 2.12. The summed E-state index contributed by atoms with van der Waals surface area (Å²) < 4.78 is 0. The van der Waals surface area contributed by atoms with Gasteiger partial charge in [0.2, 0.25) is 17.7 Å². The van der Waals surface area contributed by atoms with E-state index in [0.29, 0.717) is 6.54 Å². The summed E-state index contributed by atoms with van der Waals surface area (Å²) in [6.07, 6.45) is 0.845. The topological polar surface area (TPSA) is 87.3 Å². The van der Waals surface area contributed by atoms with Crippen LogP contribution < -0.4 is 16.0 Å². The average Bonchev–Trinajstić information content (AvgIpc) is 2.31. The molecule has 3 amide bonds. The Kier molecular flexibility index (Phi) is 7.11. The summed E-state index contributed by atoms with van der Waals surface area (Å²) in [6, 6.07) is -0.661. The molecular formula is C13H25N3O3. The van der Waals surface area contributed by atoms with E-state index in [4.69, 9.17) is 0 Å². The first-order valence-corrected chi connectivity index (χ1v) is 6.53. The van der Waals surface area contributed by atoms with E-state index in [2.05, 4.69) is 16.0 Å². The van der Waals surface area contributed by atoms with Gasteiger partial charge in [-0.15, -0.1) is 0 Å². The fraction of sp³-hybridized carbons (Fsp3) is 0.769. The number of amides is 3. The van der Waals surface area contributed by atoms with Crippen molar-refractivity contribution in [1.82, 2.24) is 16.0 Å². The van der Waals surface area contributed by atoms with Gasteiger partial charge >= 0.3 is 0 Å². The Hall–Kier alpha value is -1.59. The lowest BCUT2D eigenvalue weighted by atomic mass is 9.95. The number of nitrogens with one attached hydrogen (secondary N) is 3. The van der Waals surface area contributed by atoms with Crippen LogP contribution in [0.2, 0.25) is 0 Å². The van der Waals surface area contributed by atoms with E-state index in [1.54, 1.807) is 27.7 Å². The Morgan fingerprint density at radius 2 is 1.68 bits per heavy atom. The van der Waals surface area contributed by atoms with Gasteiger partial charge < -0.3 is 16.0 Å². The smallest absolute Gasteiger partial charge is 0.242 e. The minimum Gasteiger partial charge on any atom is -0.355 e. The maximum absolute atomic E-state index is 11.7. The number of hydrogen-bond donors (Lipinski definition) is 3. The molecule has 0 heterocycles. The van der Waals surface area contributed by atoms with Crippen LogP contribution in [0.15, 0.2) is 0 Å². The average molecular weight is 271 g/mol. The van der Waals surface area contributed by atoms with Crippen LogP contribution in [0.25, 0.3) is 0 Å². The molecule has 0 saturated heterocycles. The molecular weight excluding hydrogens is 246 g/mol. The van der Waals surface area contributed by atoms with Crippen LogP contribution in [0.4, 0.5) is 0 Å². The minimum atomic E-state index is -0.661. The number of rotatable bonds is 6. The number of carbonyl (C=O) groups is 3. The molecule has 0 aliphatic rings. The Morgan fingerprint density at radius 3 is 2.16 bits per heavy atom. The quantitative estimate of drug-likeness (QED) is 0.644. The van der Waals surface area contributed by atoms with E-state index in [9.17, 15) is 14.4 Å². The zero-order valence-corrected chi connectivity index (χ0v) is 12.4. The van der Waals surface area contributed by atoms with Gasteiger partial charge in [-0.05, 0) is 13.3 Å². The molecule has 0 aromatic rings. The maximum atomic E-state index is 11.7. The molecule has 19 heavy (non-hydrogen) atoms. The van der Waals surface area contributed by atoms with Crippen molar-refractivity contribution in [2.45, 2.75) is 47.1 Å². The monoisotopic (exact) mass is 271 g/mol. The second-order valence-electron chi connectivity index (χ2n) is 5.51. The van der Waals surface area contributed by atoms with E-state index in [1.807, 2.05) is 6.92 Å². The van der Waals surface area contributed by atoms with Gasteiger partial charge in [-0.3, -0.25) is 14.4 Å². The zero-order chi connectivity index (χ0) is 15.1. The molecule has 110 valence electrons. The molecule has 0 aliphatic carbocycles. The molecule has 1 atom stereocenters. The molecule has 0 aliphatic heterocycles. The van der Waals surface area contributed by atoms with Gasteiger partial charge in [0.1, 0.15) is 6.04 Å². The molecule has 3 N–H and O–H groups in total. The molecule has 1 unspecified atom stereocenters. The molecule has 0 fully saturated rings. The van der Waals surface area contributed by atoms with Gasteiger partial charge in [-0.1, -0.05) is 27.7 Å². The highest BCUT2D eigenvalue weighted by atomic mass is 16.2. The summed E-state index contributed by atoms with van der Waals surface area (Å²) in [4.78, 5) is 34.7. The van der Waals surface area contributed by atoms with Gasteiger partial charge in [-0.2, -0.15) is 0 Å². The van der Waals surface area contributed by atoms with E-state index < -0.39 is 11.5 Å². The third-order valence-corrected chi connectivity index (χ3v) is 2.42. The highest BCUT2D eigenvalue weighted by molar-refractivity contribution is 5.91. The minimum absolute atomic E-state index is 0.0748. The van der Waals surface area contributed by atoms with Crippen LogP contribution in [0.3, 0.4) is 0 Å². The summed E-state index contributed by atoms with van der Waals surface area (Å²) in [5, 5.41) is 7.74. The SMILES string of the molecule is CCCNC(=O)CNC(=O)C(C)NC(=O)C(C)(C)C. The second kappa shape index (κ2) is 7.76. The van der Waals surface area contributed by atoms with Crippen LogP contribution in [-0.4, -0.2) is 36.9 Å². The van der Waals surface area contributed by atoms with Crippen LogP contribution in [-0.2, 0) is 14.4 Å². The summed E-state index contributed by atoms with van der Waals surface area (Å²) in [5.41, 5.74) is -0.549. The fourth-order valence-electron chi connectivity index (χ4n) is 1.13. The molecule has 6 nitrogen and oxygen atoms in total. The second-order valence-corrected chi connectivity index (χ2v) is 5.51. The zero-order valence-electron chi connectivity index (χ0n) is 12.4. The number of hydrogen-bond acceptors (Lipinski definition) is 3. The lowest BCUT2D eigenvalue weighted by Crippen LogP contribution is -2.50. The summed E-state index contributed by atoms with van der Waals surface area (Å²) in [6.45, 7) is 9.35. The molecule has 0 saturated carbocycles. The molecule has 6 heteroatoms. The molecule has 0 aromatic heterocycles. The predicted octanol–water partition coefficient (Wildman–Crippen LogP) is 0.180. The van der Waals surface area contributed by atoms with E-state index >= 15 is 0 Å². The van der Waals surface area contributed by atoms with Gasteiger partial charge in [0.15, 0.2) is 0 Å². The summed E-state index contributed by atoms with van der Waals surface area (Å²) >= 11 is 0. The van der Waals surface area contributed by atoms with Crippen molar-refractivity contribution in [1.29, 1.82) is 0 Å². The van der Waals surface area contributed by atoms with Crippen LogP contribution in [0.1, 0.15) is 41.0 Å². The van der Waals surface area contributed by atoms with Gasteiger partial charge in [0, 0.05) is 12.0 Å². The third kappa shape index (κ3) is 7.43. The molecule has 0 spiro atoms. The molecule has 0 bridgehead atoms. The van der Waals surface area contributed by atoms with Crippen molar-refractivity contribution in [3.63, 3.8) is 0 Å². The number of carbonyl (C=O) groups excluding carboxylic acids is 3. The van der Waals surface area contributed by atoms with Crippen molar-refractivity contribution >= 4 is 17.7 Å². The largest absolute Gasteiger partial charge is 0.355 e. The molecule has 0 radical (unpaired) electrons. The van der Waals surface area contributed by atoms with Gasteiger partial charge in [-0.25, -0.2) is 0 Å². The first-order chi connectivity index (χ1) is 8.68. The Labute approximate surface area is 114 Å². The lowest BCUT2D eigenvalue weighted by Gasteiger charge is -2.21. The van der Waals surface area contributed by atoms with Crippen LogP contribution in [0, 0.1) is 5.41 Å². The predicted molar refractivity (Wildman–Crippen MR) is 73.4 cm³/mol. The highest BCUT2D eigenvalue weighted by Gasteiger charge is 2.25. The fourth-order valence-corrected chi connectivity index (χ4v) is 1.13. The lowest BCUT2D eigenvalue weighted by molar-refractivity contribution is -0.133. The normalized spacial score (nSPS) is 12.5. The van der Waals surface area contributed by atoms with Crippen molar-refractivity contribution < 1.29 is 14.4 Å². The first-order valence-electron chi connectivity index (χ1n) is 6.53. The van der Waals surface area contributed by atoms with E-state index in [0.717, 1.165) is 6.42 Å². The van der Waals surface area contributed by atoms with Crippen molar-refractivity contribution in [2.75, 3.05) is 13.1 Å². The standard InChI is InChI=1S/C13H25N3O3/c1-6-7-14-10(17)8-15-11(18)9(2)16-12(19)13(3,4)5/h9H,6-8H2,1-5H3,(H,14,17)(H,15,18)(H,16,19). The summed E-state index contributed by atoms with van der Waals surface area (Å²) in [7, 11) is 0. The molecule has 0 rings (SSSR count). The maximum Gasteiger partial charge on any atom is 0.242 e. The summed E-state index contributed by atoms with van der Waals surface area (Å²) in [5.74, 6) is -0.806. The van der Waals surface area contributed by atoms with Gasteiger partial charge in [0.25, 0.3) is 0 Å². The van der Waals surface area contributed by atoms with Crippen LogP contribution >= 0.6 is 0 Å². The Balaban J connectivity index is 4.08. The van der Waals surface area contributed by atoms with E-state index in [-0.39, 0.29) is 24.3 Å². The van der Waals surface area contributed by atoms with Crippen molar-refractivity contribution in [3.8, 4) is 0 Å². The van der Waals surface area contributed by atoms with Crippen LogP contribution in [0.5, 0.6) is 0 Å². The Bertz CT molecular complexity index is 335. The Morgan fingerprint density at radius 1 is 1.11 bits per heavy atom. The van der Waals surface area contributed by atoms with Crippen molar-refractivity contribution in [3.05, 3.63) is 0 Å². The molecule has 0 aromatic carbocycles. The van der Waals surface area contributed by atoms with Crippen molar-refractivity contribution in [2.24, 2.45) is 5.41 Å². The van der Waals surface area contributed by atoms with Gasteiger partial charge in [0.05, 0.1) is 6.54 Å².